The van der Waals surface area contributed by atoms with E-state index in [0.717, 1.165) is 10.4 Å². The third kappa shape index (κ3) is 2.78. The number of nitrogens with zero attached hydrogens (tertiary/aromatic N) is 2. The zero-order valence-electron chi connectivity index (χ0n) is 11.2. The van der Waals surface area contributed by atoms with Gasteiger partial charge in [0.1, 0.15) is 0 Å². The molecule has 3 unspecified atom stereocenters. The van der Waals surface area contributed by atoms with Crippen LogP contribution in [-0.4, -0.2) is 9.78 Å². The summed E-state index contributed by atoms with van der Waals surface area (Å²) in [6.07, 6.45) is 8.33. The quantitative estimate of drug-likeness (QED) is 0.663. The number of rotatable bonds is 4. The maximum atomic E-state index is 5.81. The van der Waals surface area contributed by atoms with E-state index in [-0.39, 0.29) is 6.04 Å². The van der Waals surface area contributed by atoms with Crippen LogP contribution in [0.3, 0.4) is 0 Å². The molecule has 3 N–H and O–H groups in total. The van der Waals surface area contributed by atoms with Crippen LogP contribution in [0.25, 0.3) is 0 Å². The van der Waals surface area contributed by atoms with Gasteiger partial charge in [-0.25, -0.2) is 0 Å². The normalized spacial score (nSPS) is 26.2. The Hall–Kier alpha value is -0.390. The highest BCUT2D eigenvalue weighted by Gasteiger charge is 2.31. The van der Waals surface area contributed by atoms with Crippen LogP contribution in [0, 0.1) is 11.8 Å². The van der Waals surface area contributed by atoms with Gasteiger partial charge in [0.05, 0.1) is 22.4 Å². The van der Waals surface area contributed by atoms with Crippen molar-refractivity contribution in [1.82, 2.24) is 15.2 Å². The van der Waals surface area contributed by atoms with Crippen molar-refractivity contribution >= 4 is 15.9 Å². The molecular weight excluding hydrogens is 292 g/mol. The molecule has 0 bridgehead atoms. The molecule has 2 rings (SSSR count). The number of nitrogens with one attached hydrogen (secondary N) is 1. The van der Waals surface area contributed by atoms with Crippen LogP contribution in [0.4, 0.5) is 0 Å². The van der Waals surface area contributed by atoms with E-state index < -0.39 is 0 Å². The Morgan fingerprint density at radius 2 is 2.39 bits per heavy atom. The number of aryl methyl sites for hydroxylation is 1. The lowest BCUT2D eigenvalue weighted by atomic mass is 9.76. The fourth-order valence-electron chi connectivity index (χ4n) is 3.21. The molecule has 0 aliphatic heterocycles. The number of hydrogen-bond acceptors (Lipinski definition) is 3. The highest BCUT2D eigenvalue weighted by molar-refractivity contribution is 9.10. The van der Waals surface area contributed by atoms with Crippen molar-refractivity contribution in [3.05, 3.63) is 16.4 Å². The summed E-state index contributed by atoms with van der Waals surface area (Å²) in [5, 5.41) is 4.29. The van der Waals surface area contributed by atoms with Gasteiger partial charge < -0.3 is 0 Å². The van der Waals surface area contributed by atoms with E-state index in [4.69, 9.17) is 5.84 Å². The maximum Gasteiger partial charge on any atom is 0.0708 e. The summed E-state index contributed by atoms with van der Waals surface area (Å²) in [5.41, 5.74) is 4.18. The molecule has 1 fully saturated rings. The van der Waals surface area contributed by atoms with Crippen molar-refractivity contribution in [3.8, 4) is 0 Å². The van der Waals surface area contributed by atoms with Gasteiger partial charge in [-0.2, -0.15) is 5.10 Å². The van der Waals surface area contributed by atoms with Gasteiger partial charge in [0, 0.05) is 7.05 Å². The predicted molar refractivity (Wildman–Crippen MR) is 76.7 cm³/mol. The van der Waals surface area contributed by atoms with Gasteiger partial charge in [-0.1, -0.05) is 26.2 Å². The van der Waals surface area contributed by atoms with Crippen molar-refractivity contribution in [1.29, 1.82) is 0 Å². The van der Waals surface area contributed by atoms with E-state index in [9.17, 15) is 0 Å². The molecule has 1 aromatic heterocycles. The third-order valence-electron chi connectivity index (χ3n) is 4.28. The molecule has 4 nitrogen and oxygen atoms in total. The molecule has 102 valence electrons. The van der Waals surface area contributed by atoms with Crippen LogP contribution in [-0.2, 0) is 7.05 Å². The zero-order valence-corrected chi connectivity index (χ0v) is 12.8. The highest BCUT2D eigenvalue weighted by Crippen LogP contribution is 2.39. The maximum absolute atomic E-state index is 5.81. The Morgan fingerprint density at radius 1 is 1.61 bits per heavy atom. The van der Waals surface area contributed by atoms with Gasteiger partial charge in [0.2, 0.25) is 0 Å². The average molecular weight is 315 g/mol. The van der Waals surface area contributed by atoms with Crippen LogP contribution in [0.15, 0.2) is 10.7 Å². The van der Waals surface area contributed by atoms with E-state index >= 15 is 0 Å². The molecule has 3 atom stereocenters. The van der Waals surface area contributed by atoms with Gasteiger partial charge in [-0.15, -0.1) is 0 Å². The van der Waals surface area contributed by atoms with Gasteiger partial charge >= 0.3 is 0 Å². The van der Waals surface area contributed by atoms with Crippen LogP contribution in [0.2, 0.25) is 0 Å². The summed E-state index contributed by atoms with van der Waals surface area (Å²) in [4.78, 5) is 0. The first-order valence-electron chi connectivity index (χ1n) is 6.80. The molecule has 5 heteroatoms. The number of nitrogens with two attached hydrogens (primary N) is 1. The Kier molecular flexibility index (Phi) is 4.81. The van der Waals surface area contributed by atoms with Crippen molar-refractivity contribution in [2.24, 2.45) is 24.7 Å². The average Bonchev–Trinajstić information content (AvgIpc) is 2.72. The first-order chi connectivity index (χ1) is 8.67. The lowest BCUT2D eigenvalue weighted by Gasteiger charge is -2.34. The van der Waals surface area contributed by atoms with Gasteiger partial charge in [0.15, 0.2) is 0 Å². The monoisotopic (exact) mass is 314 g/mol. The molecule has 0 amide bonds. The number of halogens is 1. The first kappa shape index (κ1) is 14.0. The Morgan fingerprint density at radius 3 is 2.94 bits per heavy atom. The molecule has 1 aliphatic carbocycles. The Bertz CT molecular complexity index is 371. The fourth-order valence-corrected chi connectivity index (χ4v) is 3.81. The summed E-state index contributed by atoms with van der Waals surface area (Å²) in [5.74, 6) is 7.27. The van der Waals surface area contributed by atoms with Crippen molar-refractivity contribution < 1.29 is 0 Å². The highest BCUT2D eigenvalue weighted by atomic mass is 79.9. The number of hydrogen-bond donors (Lipinski definition) is 2. The molecule has 1 heterocycles. The molecule has 1 aliphatic rings. The second-order valence-corrected chi connectivity index (χ2v) is 6.20. The molecule has 0 spiro atoms. The molecular formula is C13H23BrN4. The van der Waals surface area contributed by atoms with E-state index in [1.54, 1.807) is 0 Å². The SMILES string of the molecule is CCC1CCCC(C(NN)c2c(Br)cnn2C)C1. The van der Waals surface area contributed by atoms with Crippen LogP contribution < -0.4 is 11.3 Å². The van der Waals surface area contributed by atoms with Gasteiger partial charge in [0.25, 0.3) is 0 Å². The van der Waals surface area contributed by atoms with Crippen molar-refractivity contribution in [2.75, 3.05) is 0 Å². The first-order valence-corrected chi connectivity index (χ1v) is 7.60. The van der Waals surface area contributed by atoms with E-state index in [1.807, 2.05) is 17.9 Å². The summed E-state index contributed by atoms with van der Waals surface area (Å²) >= 11 is 3.58. The Labute approximate surface area is 117 Å². The second-order valence-electron chi connectivity index (χ2n) is 5.35. The van der Waals surface area contributed by atoms with Crippen LogP contribution in [0.5, 0.6) is 0 Å². The lowest BCUT2D eigenvalue weighted by molar-refractivity contribution is 0.204. The topological polar surface area (TPSA) is 55.9 Å². The molecule has 0 aromatic carbocycles. The van der Waals surface area contributed by atoms with Crippen LogP contribution in [0.1, 0.15) is 50.8 Å². The van der Waals surface area contributed by atoms with E-state index in [2.05, 4.69) is 33.4 Å². The number of hydrazine groups is 1. The minimum atomic E-state index is 0.196. The zero-order chi connectivity index (χ0) is 13.1. The largest absolute Gasteiger partial charge is 0.271 e. The summed E-state index contributed by atoms with van der Waals surface area (Å²) in [6.45, 7) is 2.29. The lowest BCUT2D eigenvalue weighted by Crippen LogP contribution is -2.37. The van der Waals surface area contributed by atoms with Gasteiger partial charge in [-0.05, 0) is 40.6 Å². The molecule has 0 saturated heterocycles. The van der Waals surface area contributed by atoms with Crippen LogP contribution >= 0.6 is 15.9 Å². The van der Waals surface area contributed by atoms with E-state index in [1.165, 1.54) is 37.8 Å². The molecule has 18 heavy (non-hydrogen) atoms. The van der Waals surface area contributed by atoms with Crippen molar-refractivity contribution in [3.63, 3.8) is 0 Å². The smallest absolute Gasteiger partial charge is 0.0708 e. The molecule has 0 radical (unpaired) electrons. The molecule has 1 aromatic rings. The second kappa shape index (κ2) is 6.17. The standard InChI is InChI=1S/C13H23BrN4/c1-3-9-5-4-6-10(7-9)12(17-15)13-11(14)8-16-18(13)2/h8-10,12,17H,3-7,15H2,1-2H3. The number of aromatic nitrogens is 2. The van der Waals surface area contributed by atoms with Gasteiger partial charge in [-0.3, -0.25) is 16.0 Å². The minimum absolute atomic E-state index is 0.196. The summed E-state index contributed by atoms with van der Waals surface area (Å²) < 4.78 is 2.97. The fraction of sp³-hybridized carbons (Fsp3) is 0.769. The minimum Gasteiger partial charge on any atom is -0.271 e. The summed E-state index contributed by atoms with van der Waals surface area (Å²) in [7, 11) is 1.98. The van der Waals surface area contributed by atoms with Crippen molar-refractivity contribution in [2.45, 2.75) is 45.1 Å². The predicted octanol–water partition coefficient (Wildman–Crippen LogP) is 2.90. The Balaban J connectivity index is 2.18. The third-order valence-corrected chi connectivity index (χ3v) is 4.89. The summed E-state index contributed by atoms with van der Waals surface area (Å²) in [6, 6.07) is 0.196. The molecule has 1 saturated carbocycles. The van der Waals surface area contributed by atoms with E-state index in [0.29, 0.717) is 5.92 Å².